The quantitative estimate of drug-likeness (QED) is 0.779. The van der Waals surface area contributed by atoms with Crippen molar-refractivity contribution in [2.45, 2.75) is 28.4 Å². The number of aromatic nitrogens is 2. The van der Waals surface area contributed by atoms with Gasteiger partial charge in [-0.25, -0.2) is 4.98 Å². The van der Waals surface area contributed by atoms with E-state index in [0.29, 0.717) is 4.75 Å². The molecular formula is C16H19N3S2. The van der Waals surface area contributed by atoms with Gasteiger partial charge in [0.25, 0.3) is 0 Å². The van der Waals surface area contributed by atoms with Crippen LogP contribution in [0.5, 0.6) is 0 Å². The summed E-state index contributed by atoms with van der Waals surface area (Å²) < 4.78 is 0.439. The van der Waals surface area contributed by atoms with E-state index < -0.39 is 0 Å². The Balaban J connectivity index is 1.55. The van der Waals surface area contributed by atoms with Gasteiger partial charge in [-0.3, -0.25) is 4.98 Å². The van der Waals surface area contributed by atoms with Gasteiger partial charge in [-0.2, -0.15) is 11.8 Å². The number of nitrogens with one attached hydrogen (secondary N) is 1. The van der Waals surface area contributed by atoms with Crippen molar-refractivity contribution in [1.82, 2.24) is 9.97 Å². The third-order valence-electron chi connectivity index (χ3n) is 3.67. The van der Waals surface area contributed by atoms with Crippen LogP contribution in [-0.4, -0.2) is 27.5 Å². The number of rotatable bonds is 7. The molecule has 5 heteroatoms. The lowest BCUT2D eigenvalue weighted by Crippen LogP contribution is -2.18. The molecular weight excluding hydrogens is 298 g/mol. The van der Waals surface area contributed by atoms with Crippen molar-refractivity contribution in [1.29, 1.82) is 0 Å². The van der Waals surface area contributed by atoms with Crippen LogP contribution in [-0.2, 0) is 5.75 Å². The number of nitrogens with zero attached hydrogens (tertiary/aromatic N) is 2. The molecule has 0 radical (unpaired) electrons. The molecule has 0 amide bonds. The second-order valence-corrected chi connectivity index (χ2v) is 7.53. The first-order valence-corrected chi connectivity index (χ1v) is 9.28. The maximum absolute atomic E-state index is 4.63. The third kappa shape index (κ3) is 4.14. The van der Waals surface area contributed by atoms with Crippen molar-refractivity contribution < 1.29 is 0 Å². The molecule has 0 unspecified atom stereocenters. The van der Waals surface area contributed by atoms with Crippen LogP contribution in [0.15, 0.2) is 47.8 Å². The number of hydrogen-bond donors (Lipinski definition) is 1. The van der Waals surface area contributed by atoms with E-state index in [-0.39, 0.29) is 0 Å². The van der Waals surface area contributed by atoms with Crippen molar-refractivity contribution in [3.05, 3.63) is 48.3 Å². The van der Waals surface area contributed by atoms with Crippen molar-refractivity contribution in [3.63, 3.8) is 0 Å². The van der Waals surface area contributed by atoms with Crippen LogP contribution in [0.4, 0.5) is 5.82 Å². The maximum atomic E-state index is 4.63. The Bertz CT molecular complexity index is 585. The number of hydrogen-bond acceptors (Lipinski definition) is 5. The SMILES string of the molecule is CSC1(CNc2cncc(SCc3ccccc3)n2)CC1. The molecule has 1 aliphatic carbocycles. The van der Waals surface area contributed by atoms with Gasteiger partial charge >= 0.3 is 0 Å². The zero-order valence-electron chi connectivity index (χ0n) is 12.1. The number of benzene rings is 1. The number of thioether (sulfide) groups is 2. The van der Waals surface area contributed by atoms with Gasteiger partial charge in [0.1, 0.15) is 10.8 Å². The predicted molar refractivity (Wildman–Crippen MR) is 92.0 cm³/mol. The molecule has 0 saturated heterocycles. The van der Waals surface area contributed by atoms with Crippen molar-refractivity contribution in [3.8, 4) is 0 Å². The average Bonchev–Trinajstić information content (AvgIpc) is 3.33. The van der Waals surface area contributed by atoms with E-state index in [1.54, 1.807) is 11.8 Å². The van der Waals surface area contributed by atoms with E-state index >= 15 is 0 Å². The van der Waals surface area contributed by atoms with Crippen LogP contribution in [0.2, 0.25) is 0 Å². The summed E-state index contributed by atoms with van der Waals surface area (Å²) in [6.45, 7) is 0.982. The summed E-state index contributed by atoms with van der Waals surface area (Å²) in [5, 5.41) is 4.40. The van der Waals surface area contributed by atoms with Crippen molar-refractivity contribution in [2.75, 3.05) is 18.1 Å². The lowest BCUT2D eigenvalue weighted by Gasteiger charge is -2.13. The molecule has 0 atom stereocenters. The highest BCUT2D eigenvalue weighted by atomic mass is 32.2. The summed E-state index contributed by atoms with van der Waals surface area (Å²) in [5.74, 6) is 1.81. The highest BCUT2D eigenvalue weighted by Gasteiger charge is 2.41. The van der Waals surface area contributed by atoms with Gasteiger partial charge in [0.05, 0.1) is 12.4 Å². The molecule has 2 aromatic rings. The molecule has 0 bridgehead atoms. The van der Waals surface area contributed by atoms with Crippen molar-refractivity contribution in [2.24, 2.45) is 0 Å². The highest BCUT2D eigenvalue weighted by Crippen LogP contribution is 2.46. The normalized spacial score (nSPS) is 15.7. The molecule has 0 aliphatic heterocycles. The van der Waals surface area contributed by atoms with Gasteiger partial charge in [-0.05, 0) is 24.7 Å². The Kier molecular flexibility index (Phi) is 4.70. The lowest BCUT2D eigenvalue weighted by molar-refractivity contribution is 0.925. The highest BCUT2D eigenvalue weighted by molar-refractivity contribution is 8.00. The summed E-state index contributed by atoms with van der Waals surface area (Å²) in [7, 11) is 0. The van der Waals surface area contributed by atoms with Gasteiger partial charge in [-0.1, -0.05) is 30.3 Å². The van der Waals surface area contributed by atoms with Gasteiger partial charge in [0.15, 0.2) is 0 Å². The van der Waals surface area contributed by atoms with E-state index in [9.17, 15) is 0 Å². The Morgan fingerprint density at radius 2 is 2.00 bits per heavy atom. The summed E-state index contributed by atoms with van der Waals surface area (Å²) in [6.07, 6.45) is 8.43. The monoisotopic (exact) mass is 317 g/mol. The van der Waals surface area contributed by atoms with E-state index in [0.717, 1.165) is 23.1 Å². The molecule has 1 N–H and O–H groups in total. The van der Waals surface area contributed by atoms with E-state index in [1.807, 2.05) is 30.2 Å². The lowest BCUT2D eigenvalue weighted by atomic mass is 10.2. The molecule has 3 nitrogen and oxygen atoms in total. The average molecular weight is 317 g/mol. The van der Waals surface area contributed by atoms with Crippen molar-refractivity contribution >= 4 is 29.3 Å². The molecule has 1 aromatic heterocycles. The Morgan fingerprint density at radius 3 is 2.71 bits per heavy atom. The van der Waals surface area contributed by atoms with Gasteiger partial charge < -0.3 is 5.32 Å². The first kappa shape index (κ1) is 14.7. The van der Waals surface area contributed by atoms with Crippen LogP contribution in [0, 0.1) is 0 Å². The minimum Gasteiger partial charge on any atom is -0.367 e. The molecule has 1 saturated carbocycles. The molecule has 0 spiro atoms. The molecule has 3 rings (SSSR count). The summed E-state index contributed by atoms with van der Waals surface area (Å²) in [4.78, 5) is 8.92. The van der Waals surface area contributed by atoms with Crippen LogP contribution >= 0.6 is 23.5 Å². The second-order valence-electron chi connectivity index (χ2n) is 5.26. The second kappa shape index (κ2) is 6.71. The topological polar surface area (TPSA) is 37.8 Å². The first-order valence-electron chi connectivity index (χ1n) is 7.07. The summed E-state index contributed by atoms with van der Waals surface area (Å²) >= 11 is 3.68. The summed E-state index contributed by atoms with van der Waals surface area (Å²) in [5.41, 5.74) is 1.31. The Morgan fingerprint density at radius 1 is 1.19 bits per heavy atom. The largest absolute Gasteiger partial charge is 0.367 e. The summed E-state index contributed by atoms with van der Waals surface area (Å²) in [6, 6.07) is 10.4. The van der Waals surface area contributed by atoms with Crippen LogP contribution in [0.3, 0.4) is 0 Å². The van der Waals surface area contributed by atoms with Crippen LogP contribution in [0.25, 0.3) is 0 Å². The fourth-order valence-corrected chi connectivity index (χ4v) is 3.61. The Labute approximate surface area is 134 Å². The van der Waals surface area contributed by atoms with E-state index in [2.05, 4.69) is 45.8 Å². The zero-order valence-corrected chi connectivity index (χ0v) is 13.7. The Hall–Kier alpha value is -1.20. The smallest absolute Gasteiger partial charge is 0.145 e. The molecule has 1 aliphatic rings. The van der Waals surface area contributed by atoms with Crippen LogP contribution < -0.4 is 5.32 Å². The van der Waals surface area contributed by atoms with Gasteiger partial charge in [0, 0.05) is 17.0 Å². The molecule has 110 valence electrons. The molecule has 1 heterocycles. The molecule has 1 fully saturated rings. The van der Waals surface area contributed by atoms with Gasteiger partial charge in [-0.15, -0.1) is 11.8 Å². The standard InChI is InChI=1S/C16H19N3S2/c1-20-16(7-8-16)12-18-14-9-17-10-15(19-14)21-11-13-5-3-2-4-6-13/h2-6,9-10H,7-8,11-12H2,1H3,(H,18,19). The first-order chi connectivity index (χ1) is 10.3. The van der Waals surface area contributed by atoms with Crippen LogP contribution in [0.1, 0.15) is 18.4 Å². The minimum absolute atomic E-state index is 0.439. The third-order valence-corrected chi connectivity index (χ3v) is 6.06. The maximum Gasteiger partial charge on any atom is 0.145 e. The van der Waals surface area contributed by atoms with E-state index in [4.69, 9.17) is 0 Å². The minimum atomic E-state index is 0.439. The fraction of sp³-hybridized carbons (Fsp3) is 0.375. The fourth-order valence-electron chi connectivity index (χ4n) is 2.08. The zero-order chi connectivity index (χ0) is 14.5. The molecule has 21 heavy (non-hydrogen) atoms. The van der Waals surface area contributed by atoms with E-state index in [1.165, 1.54) is 18.4 Å². The molecule has 1 aromatic carbocycles. The van der Waals surface area contributed by atoms with Gasteiger partial charge in [0.2, 0.25) is 0 Å². The number of anilines is 1. The predicted octanol–water partition coefficient (Wildman–Crippen LogP) is 4.08.